The van der Waals surface area contributed by atoms with Gasteiger partial charge in [0, 0.05) is 11.4 Å². The lowest BCUT2D eigenvalue weighted by molar-refractivity contribution is -0.141. The van der Waals surface area contributed by atoms with Crippen molar-refractivity contribution < 1.29 is 18.8 Å². The van der Waals surface area contributed by atoms with Crippen molar-refractivity contribution in [3.05, 3.63) is 30.0 Å². The summed E-state index contributed by atoms with van der Waals surface area (Å²) in [5.74, 6) is -0.565. The second-order valence-electron chi connectivity index (χ2n) is 4.55. The van der Waals surface area contributed by atoms with Crippen LogP contribution in [0, 0.1) is 0 Å². The summed E-state index contributed by atoms with van der Waals surface area (Å²) in [5, 5.41) is 7.44. The molecule has 2 rings (SSSR count). The summed E-state index contributed by atoms with van der Waals surface area (Å²) in [5.41, 5.74) is 1.24. The number of carbonyl (C=O) groups is 2. The smallest absolute Gasteiger partial charge is 0.307 e. The lowest BCUT2D eigenvalue weighted by Crippen LogP contribution is -2.35. The van der Waals surface area contributed by atoms with Crippen LogP contribution in [0.1, 0.15) is 19.0 Å². The molecule has 0 fully saturated rings. The standard InChI is InChI=1S/C14H16N2O4/c1-9(7-14(18)19-2)15-13(17)8-11-10-5-3-4-6-12(10)20-16-11/h3-6,9H,7-8H2,1-2H3,(H,15,17). The number of carbonyl (C=O) groups excluding carboxylic acids is 2. The number of amides is 1. The lowest BCUT2D eigenvalue weighted by Gasteiger charge is -2.11. The Labute approximate surface area is 116 Å². The molecule has 6 heteroatoms. The Balaban J connectivity index is 1.96. The number of para-hydroxylation sites is 1. The zero-order valence-electron chi connectivity index (χ0n) is 11.4. The van der Waals surface area contributed by atoms with E-state index in [1.165, 1.54) is 7.11 Å². The van der Waals surface area contributed by atoms with Gasteiger partial charge in [-0.05, 0) is 19.1 Å². The van der Waals surface area contributed by atoms with Crippen molar-refractivity contribution in [1.29, 1.82) is 0 Å². The van der Waals surface area contributed by atoms with Crippen LogP contribution in [0.15, 0.2) is 28.8 Å². The summed E-state index contributed by atoms with van der Waals surface area (Å²) in [6, 6.07) is 7.07. The van der Waals surface area contributed by atoms with Crippen LogP contribution in [-0.4, -0.2) is 30.2 Å². The average Bonchev–Trinajstić information content (AvgIpc) is 2.81. The van der Waals surface area contributed by atoms with Crippen molar-refractivity contribution >= 4 is 22.8 Å². The molecular weight excluding hydrogens is 260 g/mol. The van der Waals surface area contributed by atoms with Crippen LogP contribution in [0.3, 0.4) is 0 Å². The maximum absolute atomic E-state index is 11.9. The van der Waals surface area contributed by atoms with Gasteiger partial charge < -0.3 is 14.6 Å². The molecule has 6 nitrogen and oxygen atoms in total. The molecule has 0 spiro atoms. The first kappa shape index (κ1) is 14.0. The van der Waals surface area contributed by atoms with Gasteiger partial charge in [-0.3, -0.25) is 9.59 Å². The number of nitrogens with zero attached hydrogens (tertiary/aromatic N) is 1. The third kappa shape index (κ3) is 3.34. The molecule has 1 atom stereocenters. The van der Waals surface area contributed by atoms with E-state index in [1.807, 2.05) is 18.2 Å². The quantitative estimate of drug-likeness (QED) is 0.836. The molecule has 1 heterocycles. The molecule has 2 aromatic rings. The van der Waals surface area contributed by atoms with Crippen LogP contribution in [0.2, 0.25) is 0 Å². The van der Waals surface area contributed by atoms with E-state index in [2.05, 4.69) is 15.2 Å². The van der Waals surface area contributed by atoms with Crippen molar-refractivity contribution in [1.82, 2.24) is 10.5 Å². The van der Waals surface area contributed by atoms with Crippen molar-refractivity contribution in [3.63, 3.8) is 0 Å². The molecule has 106 valence electrons. The Hall–Kier alpha value is -2.37. The van der Waals surface area contributed by atoms with E-state index in [9.17, 15) is 9.59 Å². The number of nitrogens with one attached hydrogen (secondary N) is 1. The zero-order valence-corrected chi connectivity index (χ0v) is 11.4. The maximum Gasteiger partial charge on any atom is 0.307 e. The van der Waals surface area contributed by atoms with Gasteiger partial charge in [0.2, 0.25) is 5.91 Å². The number of hydrogen-bond donors (Lipinski definition) is 1. The molecule has 0 saturated heterocycles. The number of benzene rings is 1. The first-order valence-electron chi connectivity index (χ1n) is 6.29. The Bertz CT molecular complexity index is 620. The molecule has 1 amide bonds. The van der Waals surface area contributed by atoms with Crippen LogP contribution in [0.4, 0.5) is 0 Å². The van der Waals surface area contributed by atoms with Crippen LogP contribution >= 0.6 is 0 Å². The van der Waals surface area contributed by atoms with Gasteiger partial charge in [-0.25, -0.2) is 0 Å². The van der Waals surface area contributed by atoms with Crippen molar-refractivity contribution in [3.8, 4) is 0 Å². The third-order valence-corrected chi connectivity index (χ3v) is 2.89. The predicted molar refractivity (Wildman–Crippen MR) is 72.0 cm³/mol. The van der Waals surface area contributed by atoms with E-state index in [-0.39, 0.29) is 30.8 Å². The summed E-state index contributed by atoms with van der Waals surface area (Å²) in [4.78, 5) is 23.0. The van der Waals surface area contributed by atoms with Crippen LogP contribution in [0.25, 0.3) is 11.0 Å². The molecule has 20 heavy (non-hydrogen) atoms. The molecule has 0 saturated carbocycles. The fraction of sp³-hybridized carbons (Fsp3) is 0.357. The summed E-state index contributed by atoms with van der Waals surface area (Å²) in [6.07, 6.45) is 0.254. The minimum Gasteiger partial charge on any atom is -0.469 e. The number of fused-ring (bicyclic) bond motifs is 1. The first-order valence-corrected chi connectivity index (χ1v) is 6.29. The second-order valence-corrected chi connectivity index (χ2v) is 4.55. The summed E-state index contributed by atoms with van der Waals surface area (Å²) in [6.45, 7) is 1.75. The van der Waals surface area contributed by atoms with Gasteiger partial charge in [0.25, 0.3) is 0 Å². The topological polar surface area (TPSA) is 81.4 Å². The third-order valence-electron chi connectivity index (χ3n) is 2.89. The molecule has 0 aliphatic rings. The molecule has 0 aliphatic heterocycles. The lowest BCUT2D eigenvalue weighted by atomic mass is 10.1. The molecule has 1 aromatic carbocycles. The monoisotopic (exact) mass is 276 g/mol. The maximum atomic E-state index is 11.9. The van der Waals surface area contributed by atoms with E-state index in [1.54, 1.807) is 13.0 Å². The van der Waals surface area contributed by atoms with Gasteiger partial charge in [-0.15, -0.1) is 0 Å². The Morgan fingerprint density at radius 3 is 2.90 bits per heavy atom. The fourth-order valence-electron chi connectivity index (χ4n) is 1.93. The van der Waals surface area contributed by atoms with E-state index >= 15 is 0 Å². The average molecular weight is 276 g/mol. The highest BCUT2D eigenvalue weighted by molar-refractivity contribution is 5.86. The molecular formula is C14H16N2O4. The summed E-state index contributed by atoms with van der Waals surface area (Å²) < 4.78 is 9.68. The summed E-state index contributed by atoms with van der Waals surface area (Å²) in [7, 11) is 1.32. The highest BCUT2D eigenvalue weighted by Gasteiger charge is 2.15. The van der Waals surface area contributed by atoms with E-state index < -0.39 is 0 Å². The minimum absolute atomic E-state index is 0.114. The molecule has 1 N–H and O–H groups in total. The largest absolute Gasteiger partial charge is 0.469 e. The fourth-order valence-corrected chi connectivity index (χ4v) is 1.93. The van der Waals surface area contributed by atoms with Crippen LogP contribution in [0.5, 0.6) is 0 Å². The van der Waals surface area contributed by atoms with Gasteiger partial charge >= 0.3 is 5.97 Å². The molecule has 0 radical (unpaired) electrons. The normalized spacial score (nSPS) is 12.1. The van der Waals surface area contributed by atoms with Gasteiger partial charge in [0.1, 0.15) is 5.69 Å². The number of ether oxygens (including phenoxy) is 1. The van der Waals surface area contributed by atoms with Crippen LogP contribution in [-0.2, 0) is 20.7 Å². The van der Waals surface area contributed by atoms with Gasteiger partial charge in [0.05, 0.1) is 20.0 Å². The number of aromatic nitrogens is 1. The molecule has 1 unspecified atom stereocenters. The highest BCUT2D eigenvalue weighted by atomic mass is 16.5. The van der Waals surface area contributed by atoms with Gasteiger partial charge in [-0.2, -0.15) is 0 Å². The molecule has 1 aromatic heterocycles. The van der Waals surface area contributed by atoms with Gasteiger partial charge in [-0.1, -0.05) is 17.3 Å². The van der Waals surface area contributed by atoms with E-state index in [4.69, 9.17) is 4.52 Å². The second kappa shape index (κ2) is 6.18. The number of hydrogen-bond acceptors (Lipinski definition) is 5. The Morgan fingerprint density at radius 1 is 1.40 bits per heavy atom. The Kier molecular flexibility index (Phi) is 4.34. The highest BCUT2D eigenvalue weighted by Crippen LogP contribution is 2.18. The minimum atomic E-state index is -0.357. The SMILES string of the molecule is COC(=O)CC(C)NC(=O)Cc1noc2ccccc12. The van der Waals surface area contributed by atoms with Crippen molar-refractivity contribution in [2.75, 3.05) is 7.11 Å². The van der Waals surface area contributed by atoms with Crippen molar-refractivity contribution in [2.24, 2.45) is 0 Å². The number of methoxy groups -OCH3 is 1. The van der Waals surface area contributed by atoms with Crippen molar-refractivity contribution in [2.45, 2.75) is 25.8 Å². The van der Waals surface area contributed by atoms with Crippen LogP contribution < -0.4 is 5.32 Å². The first-order chi connectivity index (χ1) is 9.60. The molecule has 0 bridgehead atoms. The number of rotatable bonds is 5. The molecule has 0 aliphatic carbocycles. The van der Waals surface area contributed by atoms with Gasteiger partial charge in [0.15, 0.2) is 5.58 Å². The predicted octanol–water partition coefficient (Wildman–Crippen LogP) is 1.44. The van der Waals surface area contributed by atoms with E-state index in [0.717, 1.165) is 5.39 Å². The number of esters is 1. The Morgan fingerprint density at radius 2 is 2.15 bits per heavy atom. The van der Waals surface area contributed by atoms with E-state index in [0.29, 0.717) is 11.3 Å². The zero-order chi connectivity index (χ0) is 14.5. The summed E-state index contributed by atoms with van der Waals surface area (Å²) >= 11 is 0.